The summed E-state index contributed by atoms with van der Waals surface area (Å²) in [5, 5.41) is 12.5. The molecule has 2 aromatic rings. The number of pyridine rings is 2. The Morgan fingerprint density at radius 1 is 1.27 bits per heavy atom. The molecule has 5 rings (SSSR count). The Morgan fingerprint density at radius 3 is 2.77 bits per heavy atom. The van der Waals surface area contributed by atoms with Crippen molar-refractivity contribution in [3.63, 3.8) is 0 Å². The number of nitriles is 1. The summed E-state index contributed by atoms with van der Waals surface area (Å²) in [7, 11) is 0. The van der Waals surface area contributed by atoms with Crippen molar-refractivity contribution in [1.82, 2.24) is 14.9 Å². The molecule has 3 aliphatic rings. The molecule has 1 N–H and O–H groups in total. The third-order valence-corrected chi connectivity index (χ3v) is 6.05. The van der Waals surface area contributed by atoms with Crippen LogP contribution in [0.25, 0.3) is 0 Å². The number of ether oxygens (including phenoxy) is 1. The van der Waals surface area contributed by atoms with Crippen molar-refractivity contribution in [2.24, 2.45) is 0 Å². The minimum absolute atomic E-state index is 0.165. The SMILES string of the molecule is N#Cc1ccncc1Nc1cc(C2CN(C3COC3)C2)cc(N2CCC(F)(F)C2)n1. The summed E-state index contributed by atoms with van der Waals surface area (Å²) in [6.07, 6.45) is 2.96. The van der Waals surface area contributed by atoms with Gasteiger partial charge in [0.15, 0.2) is 0 Å². The van der Waals surface area contributed by atoms with Gasteiger partial charge in [-0.1, -0.05) is 0 Å². The molecule has 0 atom stereocenters. The largest absolute Gasteiger partial charge is 0.378 e. The van der Waals surface area contributed by atoms with E-state index >= 15 is 0 Å². The van der Waals surface area contributed by atoms with Crippen LogP contribution >= 0.6 is 0 Å². The van der Waals surface area contributed by atoms with E-state index < -0.39 is 5.92 Å². The number of likely N-dealkylation sites (tertiary alicyclic amines) is 1. The van der Waals surface area contributed by atoms with Gasteiger partial charge in [-0.05, 0) is 23.8 Å². The van der Waals surface area contributed by atoms with Crippen LogP contribution in [0, 0.1) is 11.3 Å². The van der Waals surface area contributed by atoms with Gasteiger partial charge >= 0.3 is 0 Å². The molecule has 2 aromatic heterocycles. The van der Waals surface area contributed by atoms with E-state index in [1.54, 1.807) is 23.4 Å². The first kappa shape index (κ1) is 19.2. The molecule has 0 aliphatic carbocycles. The molecule has 5 heterocycles. The van der Waals surface area contributed by atoms with Gasteiger partial charge in [0.25, 0.3) is 5.92 Å². The van der Waals surface area contributed by atoms with Crippen LogP contribution in [0.4, 0.5) is 26.1 Å². The standard InChI is InChI=1S/C21H22F2N6O/c22-21(23)2-4-28(13-21)20-6-15(16-9-29(10-16)17-11-30-12-17)5-19(27-20)26-18-8-25-3-1-14(18)7-24/h1,3,5-6,8,16-17H,2,4,9-13H2,(H,26,27). The fourth-order valence-corrected chi connectivity index (χ4v) is 4.11. The molecular formula is C21H22F2N6O. The van der Waals surface area contributed by atoms with Crippen molar-refractivity contribution in [3.05, 3.63) is 41.7 Å². The van der Waals surface area contributed by atoms with Crippen LogP contribution in [-0.4, -0.2) is 66.2 Å². The number of nitrogens with one attached hydrogen (secondary N) is 1. The highest BCUT2D eigenvalue weighted by atomic mass is 19.3. The Balaban J connectivity index is 1.42. The van der Waals surface area contributed by atoms with Gasteiger partial charge in [0.2, 0.25) is 0 Å². The third-order valence-electron chi connectivity index (χ3n) is 6.05. The molecule has 3 fully saturated rings. The molecule has 0 saturated carbocycles. The minimum Gasteiger partial charge on any atom is -0.378 e. The summed E-state index contributed by atoms with van der Waals surface area (Å²) < 4.78 is 32.9. The van der Waals surface area contributed by atoms with Gasteiger partial charge in [0, 0.05) is 38.2 Å². The van der Waals surface area contributed by atoms with Crippen LogP contribution in [0.5, 0.6) is 0 Å². The Hall–Kier alpha value is -2.83. The van der Waals surface area contributed by atoms with Crippen molar-refractivity contribution >= 4 is 17.3 Å². The molecule has 3 aliphatic heterocycles. The maximum Gasteiger partial charge on any atom is 0.266 e. The van der Waals surface area contributed by atoms with E-state index in [1.807, 2.05) is 12.1 Å². The fraction of sp³-hybridized carbons (Fsp3) is 0.476. The molecule has 0 amide bonds. The molecular weight excluding hydrogens is 390 g/mol. The zero-order chi connectivity index (χ0) is 20.7. The lowest BCUT2D eigenvalue weighted by Gasteiger charge is -2.47. The van der Waals surface area contributed by atoms with Gasteiger partial charge in [0.1, 0.15) is 17.7 Å². The van der Waals surface area contributed by atoms with E-state index in [2.05, 4.69) is 26.3 Å². The zero-order valence-electron chi connectivity index (χ0n) is 16.4. The van der Waals surface area contributed by atoms with Crippen molar-refractivity contribution < 1.29 is 13.5 Å². The van der Waals surface area contributed by atoms with Crippen LogP contribution in [0.3, 0.4) is 0 Å². The normalized spacial score (nSPS) is 21.7. The molecule has 0 bridgehead atoms. The van der Waals surface area contributed by atoms with Gasteiger partial charge in [-0.25, -0.2) is 13.8 Å². The lowest BCUT2D eigenvalue weighted by atomic mass is 9.90. The first-order valence-electron chi connectivity index (χ1n) is 10.1. The van der Waals surface area contributed by atoms with Gasteiger partial charge in [0.05, 0.1) is 43.2 Å². The molecule has 0 spiro atoms. The number of hydrogen-bond acceptors (Lipinski definition) is 7. The Kier molecular flexibility index (Phi) is 4.76. The smallest absolute Gasteiger partial charge is 0.266 e. The highest BCUT2D eigenvalue weighted by molar-refractivity contribution is 5.65. The molecule has 0 radical (unpaired) electrons. The quantitative estimate of drug-likeness (QED) is 0.809. The number of nitrogens with zero attached hydrogens (tertiary/aromatic N) is 5. The summed E-state index contributed by atoms with van der Waals surface area (Å²) in [5.41, 5.74) is 2.06. The van der Waals surface area contributed by atoms with E-state index in [9.17, 15) is 14.0 Å². The Morgan fingerprint density at radius 2 is 2.10 bits per heavy atom. The second kappa shape index (κ2) is 7.45. The summed E-state index contributed by atoms with van der Waals surface area (Å²) in [4.78, 5) is 12.7. The lowest BCUT2D eigenvalue weighted by Crippen LogP contribution is -2.58. The number of hydrogen-bond donors (Lipinski definition) is 1. The minimum atomic E-state index is -2.69. The monoisotopic (exact) mass is 412 g/mol. The third kappa shape index (κ3) is 3.68. The zero-order valence-corrected chi connectivity index (χ0v) is 16.4. The van der Waals surface area contributed by atoms with Crippen LogP contribution in [0.15, 0.2) is 30.6 Å². The number of halogens is 2. The second-order valence-corrected chi connectivity index (χ2v) is 8.17. The first-order valence-corrected chi connectivity index (χ1v) is 10.1. The summed E-state index contributed by atoms with van der Waals surface area (Å²) in [6, 6.07) is 8.12. The van der Waals surface area contributed by atoms with E-state index in [-0.39, 0.29) is 19.5 Å². The summed E-state index contributed by atoms with van der Waals surface area (Å²) in [6.45, 7) is 3.35. The highest BCUT2D eigenvalue weighted by Gasteiger charge is 2.40. The molecule has 156 valence electrons. The van der Waals surface area contributed by atoms with Gasteiger partial charge < -0.3 is 15.0 Å². The number of rotatable bonds is 5. The molecule has 0 unspecified atom stereocenters. The van der Waals surface area contributed by atoms with Crippen LogP contribution in [0.2, 0.25) is 0 Å². The van der Waals surface area contributed by atoms with Crippen molar-refractivity contribution in [2.75, 3.05) is 49.6 Å². The second-order valence-electron chi connectivity index (χ2n) is 8.17. The van der Waals surface area contributed by atoms with Crippen LogP contribution in [-0.2, 0) is 4.74 Å². The fourth-order valence-electron chi connectivity index (χ4n) is 4.11. The van der Waals surface area contributed by atoms with Crippen LogP contribution in [0.1, 0.15) is 23.5 Å². The van der Waals surface area contributed by atoms with E-state index in [1.165, 1.54) is 0 Å². The number of anilines is 3. The molecule has 9 heteroatoms. The van der Waals surface area contributed by atoms with Crippen molar-refractivity contribution in [1.29, 1.82) is 5.26 Å². The molecule has 7 nitrogen and oxygen atoms in total. The van der Waals surface area contributed by atoms with Crippen molar-refractivity contribution in [3.8, 4) is 6.07 Å². The highest BCUT2D eigenvalue weighted by Crippen LogP contribution is 2.36. The topological polar surface area (TPSA) is 77.3 Å². The summed E-state index contributed by atoms with van der Waals surface area (Å²) >= 11 is 0. The Bertz CT molecular complexity index is 984. The Labute approximate surface area is 173 Å². The van der Waals surface area contributed by atoms with Gasteiger partial charge in [-0.15, -0.1) is 0 Å². The average molecular weight is 412 g/mol. The molecule has 0 aromatic carbocycles. The number of alkyl halides is 2. The molecule has 3 saturated heterocycles. The average Bonchev–Trinajstić information content (AvgIpc) is 3.03. The van der Waals surface area contributed by atoms with E-state index in [0.29, 0.717) is 34.8 Å². The first-order chi connectivity index (χ1) is 14.5. The van der Waals surface area contributed by atoms with E-state index in [4.69, 9.17) is 4.74 Å². The van der Waals surface area contributed by atoms with E-state index in [0.717, 1.165) is 31.9 Å². The maximum absolute atomic E-state index is 13.8. The predicted octanol–water partition coefficient (Wildman–Crippen LogP) is 2.74. The predicted molar refractivity (Wildman–Crippen MR) is 107 cm³/mol. The lowest BCUT2D eigenvalue weighted by molar-refractivity contribution is -0.0906. The van der Waals surface area contributed by atoms with Gasteiger partial charge in [-0.3, -0.25) is 9.88 Å². The van der Waals surface area contributed by atoms with Gasteiger partial charge in [-0.2, -0.15) is 5.26 Å². The number of aromatic nitrogens is 2. The summed E-state index contributed by atoms with van der Waals surface area (Å²) in [5.74, 6) is -1.30. The van der Waals surface area contributed by atoms with Crippen molar-refractivity contribution in [2.45, 2.75) is 24.3 Å². The van der Waals surface area contributed by atoms with Crippen LogP contribution < -0.4 is 10.2 Å². The molecule has 30 heavy (non-hydrogen) atoms. The maximum atomic E-state index is 13.8.